The molecule has 1 atom stereocenters. The Kier molecular flexibility index (Phi) is 7.03. The number of benzene rings is 1. The zero-order valence-corrected chi connectivity index (χ0v) is 16.3. The highest BCUT2D eigenvalue weighted by Crippen LogP contribution is 2.37. The Labute approximate surface area is 151 Å². The first-order valence-electron chi connectivity index (χ1n) is 8.84. The molecule has 0 heterocycles. The van der Waals surface area contributed by atoms with Gasteiger partial charge in [-0.2, -0.15) is 0 Å². The second kappa shape index (κ2) is 8.19. The third-order valence-electron chi connectivity index (χ3n) is 4.67. The number of phenolic OH excluding ortho intramolecular Hbond substituents is 1. The summed E-state index contributed by atoms with van der Waals surface area (Å²) in [5, 5.41) is 31.8. The first kappa shape index (κ1) is 21.5. The molecule has 0 aromatic heterocycles. The lowest BCUT2D eigenvalue weighted by Gasteiger charge is -2.28. The van der Waals surface area contributed by atoms with Crippen molar-refractivity contribution >= 4 is 5.91 Å². The number of hydrogen-bond donors (Lipinski definition) is 4. The summed E-state index contributed by atoms with van der Waals surface area (Å²) in [6, 6.07) is 3.92. The Morgan fingerprint density at radius 2 is 1.72 bits per heavy atom. The summed E-state index contributed by atoms with van der Waals surface area (Å²) in [5.74, 6) is 0.103. The van der Waals surface area contributed by atoms with Gasteiger partial charge in [0.1, 0.15) is 5.75 Å². The maximum atomic E-state index is 12.4. The fourth-order valence-electron chi connectivity index (χ4n) is 2.85. The molecule has 0 fully saturated rings. The molecule has 1 rings (SSSR count). The highest BCUT2D eigenvalue weighted by molar-refractivity contribution is 5.77. The average molecular weight is 351 g/mol. The molecule has 0 bridgehead atoms. The van der Waals surface area contributed by atoms with E-state index in [1.807, 2.05) is 46.8 Å². The number of phenols is 1. The van der Waals surface area contributed by atoms with Crippen molar-refractivity contribution in [1.82, 2.24) is 5.32 Å². The van der Waals surface area contributed by atoms with E-state index in [1.165, 1.54) is 0 Å². The predicted molar refractivity (Wildman–Crippen MR) is 99.9 cm³/mol. The molecule has 0 saturated carbocycles. The fraction of sp³-hybridized carbons (Fsp3) is 0.650. The van der Waals surface area contributed by atoms with Gasteiger partial charge in [0.15, 0.2) is 0 Å². The number of aromatic hydroxyl groups is 1. The van der Waals surface area contributed by atoms with Crippen molar-refractivity contribution in [3.05, 3.63) is 28.8 Å². The maximum Gasteiger partial charge on any atom is 0.221 e. The maximum absolute atomic E-state index is 12.4. The smallest absolute Gasteiger partial charge is 0.221 e. The highest BCUT2D eigenvalue weighted by atomic mass is 16.3. The summed E-state index contributed by atoms with van der Waals surface area (Å²) >= 11 is 0. The van der Waals surface area contributed by atoms with Crippen LogP contribution >= 0.6 is 0 Å². The first-order chi connectivity index (χ1) is 11.5. The summed E-state index contributed by atoms with van der Waals surface area (Å²) in [5.41, 5.74) is 1.48. The van der Waals surface area contributed by atoms with E-state index in [9.17, 15) is 20.1 Å². The summed E-state index contributed by atoms with van der Waals surface area (Å²) in [6.45, 7) is 11.0. The molecule has 25 heavy (non-hydrogen) atoms. The van der Waals surface area contributed by atoms with Gasteiger partial charge in [0.25, 0.3) is 0 Å². The van der Waals surface area contributed by atoms with Gasteiger partial charge in [-0.1, -0.05) is 39.8 Å². The number of carbonyl (C=O) groups excluding carboxylic acids is 1. The zero-order valence-electron chi connectivity index (χ0n) is 16.3. The molecule has 1 amide bonds. The summed E-state index contributed by atoms with van der Waals surface area (Å²) in [6.07, 6.45) is 1.04. The number of carbonyl (C=O) groups is 1. The molecule has 1 unspecified atom stereocenters. The molecule has 0 aliphatic heterocycles. The molecule has 0 spiro atoms. The van der Waals surface area contributed by atoms with Crippen LogP contribution in [0, 0.1) is 6.92 Å². The number of rotatable bonds is 7. The minimum absolute atomic E-state index is 0.00188. The molecule has 5 nitrogen and oxygen atoms in total. The summed E-state index contributed by atoms with van der Waals surface area (Å²) in [7, 11) is 0. The van der Waals surface area contributed by atoms with Crippen molar-refractivity contribution in [1.29, 1.82) is 0 Å². The van der Waals surface area contributed by atoms with E-state index >= 15 is 0 Å². The number of aliphatic hydroxyl groups is 2. The third-order valence-corrected chi connectivity index (χ3v) is 4.67. The van der Waals surface area contributed by atoms with Crippen LogP contribution in [0.4, 0.5) is 0 Å². The Hall–Kier alpha value is -1.59. The number of aliphatic hydroxyl groups excluding tert-OH is 2. The minimum Gasteiger partial charge on any atom is -0.507 e. The zero-order chi connectivity index (χ0) is 19.4. The third kappa shape index (κ3) is 5.44. The number of nitrogens with one attached hydrogen (secondary N) is 1. The topological polar surface area (TPSA) is 89.8 Å². The Balaban J connectivity index is 3.08. The molecular weight excluding hydrogens is 318 g/mol. The molecule has 4 N–H and O–H groups in total. The van der Waals surface area contributed by atoms with Crippen molar-refractivity contribution in [2.45, 2.75) is 71.3 Å². The van der Waals surface area contributed by atoms with Gasteiger partial charge in [-0.3, -0.25) is 4.79 Å². The van der Waals surface area contributed by atoms with Crippen molar-refractivity contribution in [3.8, 4) is 5.75 Å². The van der Waals surface area contributed by atoms with Gasteiger partial charge < -0.3 is 20.6 Å². The number of hydrogen-bond acceptors (Lipinski definition) is 4. The second-order valence-corrected chi connectivity index (χ2v) is 8.22. The van der Waals surface area contributed by atoms with E-state index < -0.39 is 5.54 Å². The van der Waals surface area contributed by atoms with Crippen LogP contribution in [-0.2, 0) is 10.2 Å². The molecule has 5 heteroatoms. The highest BCUT2D eigenvalue weighted by Gasteiger charge is 2.27. The van der Waals surface area contributed by atoms with Gasteiger partial charge in [0.05, 0.1) is 18.8 Å². The Morgan fingerprint density at radius 1 is 1.16 bits per heavy atom. The van der Waals surface area contributed by atoms with Gasteiger partial charge in [-0.25, -0.2) is 0 Å². The molecular formula is C20H33NO4. The SMILES string of the molecule is CCC(CC(=O)NC(C)(CO)CO)c1cc(C)c(O)c(C(C)(C)C)c1. The van der Waals surface area contributed by atoms with Gasteiger partial charge in [0.2, 0.25) is 5.91 Å². The lowest BCUT2D eigenvalue weighted by atomic mass is 9.81. The molecule has 0 aliphatic carbocycles. The average Bonchev–Trinajstić information content (AvgIpc) is 2.53. The summed E-state index contributed by atoms with van der Waals surface area (Å²) < 4.78 is 0. The molecule has 0 saturated heterocycles. The first-order valence-corrected chi connectivity index (χ1v) is 8.84. The van der Waals surface area contributed by atoms with Gasteiger partial charge in [-0.15, -0.1) is 0 Å². The second-order valence-electron chi connectivity index (χ2n) is 8.22. The Bertz CT molecular complexity index is 600. The standard InChI is InChI=1S/C20H33NO4/c1-7-14(10-17(24)21-20(6,11-22)12-23)15-8-13(2)18(25)16(9-15)19(3,4)5/h8-9,14,22-23,25H,7,10-12H2,1-6H3,(H,21,24). The van der Waals surface area contributed by atoms with E-state index in [0.29, 0.717) is 5.75 Å². The Morgan fingerprint density at radius 3 is 2.16 bits per heavy atom. The monoisotopic (exact) mass is 351 g/mol. The molecule has 0 aliphatic rings. The van der Waals surface area contributed by atoms with Gasteiger partial charge in [0, 0.05) is 6.42 Å². The molecule has 1 aromatic carbocycles. The van der Waals surface area contributed by atoms with Crippen LogP contribution in [-0.4, -0.2) is 40.0 Å². The van der Waals surface area contributed by atoms with Crippen molar-refractivity contribution < 1.29 is 20.1 Å². The largest absolute Gasteiger partial charge is 0.507 e. The van der Waals surface area contributed by atoms with Crippen molar-refractivity contribution in [2.24, 2.45) is 0 Å². The quantitative estimate of drug-likeness (QED) is 0.608. The van der Waals surface area contributed by atoms with E-state index in [4.69, 9.17) is 0 Å². The molecule has 142 valence electrons. The fourth-order valence-corrected chi connectivity index (χ4v) is 2.85. The number of amides is 1. The van der Waals surface area contributed by atoms with Crippen molar-refractivity contribution in [3.63, 3.8) is 0 Å². The van der Waals surface area contributed by atoms with Crippen molar-refractivity contribution in [2.75, 3.05) is 13.2 Å². The molecule has 0 radical (unpaired) electrons. The van der Waals surface area contributed by atoms with E-state index in [-0.39, 0.29) is 36.9 Å². The summed E-state index contributed by atoms with van der Waals surface area (Å²) in [4.78, 5) is 12.4. The lowest BCUT2D eigenvalue weighted by molar-refractivity contribution is -0.124. The molecule has 1 aromatic rings. The lowest BCUT2D eigenvalue weighted by Crippen LogP contribution is -2.52. The van der Waals surface area contributed by atoms with E-state index in [2.05, 4.69) is 5.32 Å². The predicted octanol–water partition coefficient (Wildman–Crippen LogP) is 2.74. The normalized spacial score (nSPS) is 13.6. The van der Waals surface area contributed by atoms with E-state index in [1.54, 1.807) is 6.92 Å². The number of aryl methyl sites for hydroxylation is 1. The van der Waals surface area contributed by atoms with Crippen LogP contribution in [0.1, 0.15) is 70.1 Å². The van der Waals surface area contributed by atoms with Gasteiger partial charge in [-0.05, 0) is 48.3 Å². The van der Waals surface area contributed by atoms with E-state index in [0.717, 1.165) is 23.1 Å². The van der Waals surface area contributed by atoms with Crippen LogP contribution in [0.2, 0.25) is 0 Å². The van der Waals surface area contributed by atoms with Crippen LogP contribution in [0.5, 0.6) is 5.75 Å². The van der Waals surface area contributed by atoms with Crippen LogP contribution < -0.4 is 5.32 Å². The van der Waals surface area contributed by atoms with Crippen LogP contribution in [0.25, 0.3) is 0 Å². The minimum atomic E-state index is -1.02. The van der Waals surface area contributed by atoms with Crippen LogP contribution in [0.15, 0.2) is 12.1 Å². The van der Waals surface area contributed by atoms with Gasteiger partial charge >= 0.3 is 0 Å². The van der Waals surface area contributed by atoms with Crippen LogP contribution in [0.3, 0.4) is 0 Å².